The van der Waals surface area contributed by atoms with Crippen molar-refractivity contribution in [1.82, 2.24) is 9.55 Å². The summed E-state index contributed by atoms with van der Waals surface area (Å²) in [7, 11) is 0. The summed E-state index contributed by atoms with van der Waals surface area (Å²) in [5.41, 5.74) is 1.08. The lowest BCUT2D eigenvalue weighted by molar-refractivity contribution is 0.433. The molecule has 3 nitrogen and oxygen atoms in total. The highest BCUT2D eigenvalue weighted by Gasteiger charge is 2.16. The highest BCUT2D eigenvalue weighted by Crippen LogP contribution is 2.20. The quantitative estimate of drug-likeness (QED) is 0.810. The van der Waals surface area contributed by atoms with Crippen LogP contribution in [0.1, 0.15) is 59.2 Å². The Labute approximate surface area is 106 Å². The summed E-state index contributed by atoms with van der Waals surface area (Å²) in [6.07, 6.45) is 4.55. The van der Waals surface area contributed by atoms with Crippen LogP contribution in [0, 0.1) is 12.8 Å². The molecule has 0 aromatic carbocycles. The monoisotopic (exact) mass is 237 g/mol. The van der Waals surface area contributed by atoms with Crippen LogP contribution in [0.15, 0.2) is 6.20 Å². The highest BCUT2D eigenvalue weighted by atomic mass is 15.2. The smallest absolute Gasteiger partial charge is 0.203 e. The van der Waals surface area contributed by atoms with Crippen molar-refractivity contribution >= 4 is 5.95 Å². The molecule has 0 fully saturated rings. The summed E-state index contributed by atoms with van der Waals surface area (Å²) in [5.74, 6) is 1.73. The van der Waals surface area contributed by atoms with Crippen molar-refractivity contribution < 1.29 is 0 Å². The van der Waals surface area contributed by atoms with Crippen molar-refractivity contribution in [3.05, 3.63) is 11.9 Å². The number of imidazole rings is 1. The predicted molar refractivity (Wildman–Crippen MR) is 74.5 cm³/mol. The summed E-state index contributed by atoms with van der Waals surface area (Å²) in [5, 5.41) is 3.57. The Morgan fingerprint density at radius 2 is 1.82 bits per heavy atom. The van der Waals surface area contributed by atoms with E-state index < -0.39 is 0 Å². The van der Waals surface area contributed by atoms with E-state index in [1.54, 1.807) is 0 Å². The second kappa shape index (κ2) is 6.08. The van der Waals surface area contributed by atoms with Crippen molar-refractivity contribution in [1.29, 1.82) is 0 Å². The van der Waals surface area contributed by atoms with E-state index in [2.05, 4.69) is 55.7 Å². The summed E-state index contributed by atoms with van der Waals surface area (Å²) in [4.78, 5) is 4.57. The maximum Gasteiger partial charge on any atom is 0.203 e. The number of hydrogen-bond donors (Lipinski definition) is 1. The second-order valence-corrected chi connectivity index (χ2v) is 5.22. The minimum atomic E-state index is 0.451. The summed E-state index contributed by atoms with van der Waals surface area (Å²) in [6, 6.07) is 0.928. The molecule has 0 saturated heterocycles. The van der Waals surface area contributed by atoms with Crippen LogP contribution >= 0.6 is 0 Å². The largest absolute Gasteiger partial charge is 0.353 e. The third kappa shape index (κ3) is 3.48. The first-order valence-electron chi connectivity index (χ1n) is 6.81. The van der Waals surface area contributed by atoms with Gasteiger partial charge in [0, 0.05) is 18.3 Å². The van der Waals surface area contributed by atoms with Gasteiger partial charge in [-0.25, -0.2) is 4.98 Å². The van der Waals surface area contributed by atoms with Gasteiger partial charge < -0.3 is 9.88 Å². The van der Waals surface area contributed by atoms with Crippen molar-refractivity contribution in [2.24, 2.45) is 5.92 Å². The number of nitrogens with zero attached hydrogens (tertiary/aromatic N) is 2. The van der Waals surface area contributed by atoms with Crippen LogP contribution in [-0.4, -0.2) is 15.6 Å². The van der Waals surface area contributed by atoms with Gasteiger partial charge in [0.1, 0.15) is 0 Å². The molecule has 0 spiro atoms. The number of rotatable bonds is 6. The first kappa shape index (κ1) is 14.1. The van der Waals surface area contributed by atoms with E-state index in [1.807, 2.05) is 6.92 Å². The minimum Gasteiger partial charge on any atom is -0.353 e. The topological polar surface area (TPSA) is 29.9 Å². The predicted octanol–water partition coefficient (Wildman–Crippen LogP) is 4.01. The molecular weight excluding hydrogens is 210 g/mol. The fraction of sp³-hybridized carbons (Fsp3) is 0.786. The van der Waals surface area contributed by atoms with E-state index in [0.717, 1.165) is 11.6 Å². The number of nitrogens with one attached hydrogen (secondary N) is 1. The first-order valence-corrected chi connectivity index (χ1v) is 6.81. The molecule has 0 radical (unpaired) electrons. The minimum absolute atomic E-state index is 0.451. The summed E-state index contributed by atoms with van der Waals surface area (Å²) >= 11 is 0. The van der Waals surface area contributed by atoms with Crippen LogP contribution in [0.3, 0.4) is 0 Å². The van der Waals surface area contributed by atoms with Gasteiger partial charge in [0.15, 0.2) is 0 Å². The molecule has 1 unspecified atom stereocenters. The normalized spacial score (nSPS) is 13.4. The molecule has 0 aliphatic rings. The Kier molecular flexibility index (Phi) is 5.03. The second-order valence-electron chi connectivity index (χ2n) is 5.22. The lowest BCUT2D eigenvalue weighted by atomic mass is 9.96. The Bertz CT molecular complexity index is 337. The van der Waals surface area contributed by atoms with Gasteiger partial charge in [-0.2, -0.15) is 0 Å². The molecule has 0 bridgehead atoms. The van der Waals surface area contributed by atoms with Crippen LogP contribution < -0.4 is 5.32 Å². The SMILES string of the molecule is CCC(CC)C(C)Nc1nc(C)cn1C(C)C. The first-order chi connectivity index (χ1) is 7.99. The van der Waals surface area contributed by atoms with Gasteiger partial charge in [-0.05, 0) is 33.6 Å². The van der Waals surface area contributed by atoms with E-state index in [9.17, 15) is 0 Å². The molecule has 17 heavy (non-hydrogen) atoms. The fourth-order valence-electron chi connectivity index (χ4n) is 2.33. The fourth-order valence-corrected chi connectivity index (χ4v) is 2.33. The van der Waals surface area contributed by atoms with Crippen molar-refractivity contribution in [3.63, 3.8) is 0 Å². The van der Waals surface area contributed by atoms with Gasteiger partial charge in [-0.15, -0.1) is 0 Å². The van der Waals surface area contributed by atoms with E-state index in [1.165, 1.54) is 12.8 Å². The molecule has 1 heterocycles. The third-order valence-electron chi connectivity index (χ3n) is 3.52. The van der Waals surface area contributed by atoms with Gasteiger partial charge in [-0.1, -0.05) is 26.7 Å². The van der Waals surface area contributed by atoms with Crippen LogP contribution in [0.4, 0.5) is 5.95 Å². The Morgan fingerprint density at radius 1 is 1.24 bits per heavy atom. The lowest BCUT2D eigenvalue weighted by Crippen LogP contribution is -2.27. The molecule has 1 aromatic rings. The molecule has 1 aromatic heterocycles. The lowest BCUT2D eigenvalue weighted by Gasteiger charge is -2.24. The Morgan fingerprint density at radius 3 is 2.29 bits per heavy atom. The summed E-state index contributed by atoms with van der Waals surface area (Å²) in [6.45, 7) is 13.2. The molecular formula is C14H27N3. The van der Waals surface area contributed by atoms with Gasteiger partial charge >= 0.3 is 0 Å². The van der Waals surface area contributed by atoms with E-state index in [-0.39, 0.29) is 0 Å². The number of hydrogen-bond acceptors (Lipinski definition) is 2. The zero-order valence-electron chi connectivity index (χ0n) is 12.1. The molecule has 0 saturated carbocycles. The molecule has 0 aliphatic carbocycles. The maximum absolute atomic E-state index is 4.57. The molecule has 1 rings (SSSR count). The standard InChI is InChI=1S/C14H27N3/c1-7-13(8-2)12(6)16-14-15-11(5)9-17(14)10(3)4/h9-10,12-13H,7-8H2,1-6H3,(H,15,16). The van der Waals surface area contributed by atoms with E-state index in [4.69, 9.17) is 0 Å². The van der Waals surface area contributed by atoms with Gasteiger partial charge in [-0.3, -0.25) is 0 Å². The van der Waals surface area contributed by atoms with Crippen LogP contribution in [-0.2, 0) is 0 Å². The Hall–Kier alpha value is -0.990. The Balaban J connectivity index is 2.80. The molecule has 0 amide bonds. The maximum atomic E-state index is 4.57. The van der Waals surface area contributed by atoms with Crippen LogP contribution in [0.2, 0.25) is 0 Å². The van der Waals surface area contributed by atoms with Gasteiger partial charge in [0.05, 0.1) is 5.69 Å². The van der Waals surface area contributed by atoms with Gasteiger partial charge in [0.25, 0.3) is 0 Å². The van der Waals surface area contributed by atoms with Crippen LogP contribution in [0.25, 0.3) is 0 Å². The number of anilines is 1. The molecule has 1 atom stereocenters. The zero-order chi connectivity index (χ0) is 13.0. The average molecular weight is 237 g/mol. The molecule has 0 aliphatic heterocycles. The van der Waals surface area contributed by atoms with Gasteiger partial charge in [0.2, 0.25) is 5.95 Å². The number of aromatic nitrogens is 2. The van der Waals surface area contributed by atoms with E-state index in [0.29, 0.717) is 18.0 Å². The van der Waals surface area contributed by atoms with Crippen molar-refractivity contribution in [2.45, 2.75) is 66.5 Å². The highest BCUT2D eigenvalue weighted by molar-refractivity contribution is 5.30. The van der Waals surface area contributed by atoms with Crippen molar-refractivity contribution in [3.8, 4) is 0 Å². The van der Waals surface area contributed by atoms with E-state index >= 15 is 0 Å². The molecule has 98 valence electrons. The molecule has 3 heteroatoms. The zero-order valence-corrected chi connectivity index (χ0v) is 12.1. The number of aryl methyl sites for hydroxylation is 1. The average Bonchev–Trinajstić information content (AvgIpc) is 2.61. The molecule has 1 N–H and O–H groups in total. The summed E-state index contributed by atoms with van der Waals surface area (Å²) < 4.78 is 2.22. The third-order valence-corrected chi connectivity index (χ3v) is 3.52. The van der Waals surface area contributed by atoms with Crippen LogP contribution in [0.5, 0.6) is 0 Å². The van der Waals surface area contributed by atoms with Crippen molar-refractivity contribution in [2.75, 3.05) is 5.32 Å².